The molecule has 0 bridgehead atoms. The van der Waals surface area contributed by atoms with E-state index in [0.717, 1.165) is 5.01 Å². The fourth-order valence-electron chi connectivity index (χ4n) is 1.58. The smallest absolute Gasteiger partial charge is 0.238 e. The van der Waals surface area contributed by atoms with Crippen LogP contribution in [0.3, 0.4) is 0 Å². The molecule has 0 saturated heterocycles. The van der Waals surface area contributed by atoms with Crippen molar-refractivity contribution < 1.29 is 4.79 Å². The molecule has 3 nitrogen and oxygen atoms in total. The lowest BCUT2D eigenvalue weighted by Gasteiger charge is -2.31. The fraction of sp³-hybridized carbons (Fsp3) is 0.600. The number of rotatable bonds is 4. The van der Waals surface area contributed by atoms with Crippen molar-refractivity contribution in [3.8, 4) is 0 Å². The number of carbonyl (C=O) groups excluding carboxylic acids is 1. The van der Waals surface area contributed by atoms with Gasteiger partial charge in [0.25, 0.3) is 0 Å². The van der Waals surface area contributed by atoms with E-state index in [0.29, 0.717) is 0 Å². The predicted octanol–water partition coefficient (Wildman–Crippen LogP) is 2.68. The summed E-state index contributed by atoms with van der Waals surface area (Å²) in [5.74, 6) is -0.0252. The summed E-state index contributed by atoms with van der Waals surface area (Å²) in [6.45, 7) is 5.94. The lowest BCUT2D eigenvalue weighted by molar-refractivity contribution is -0.132. The second-order valence-electron chi connectivity index (χ2n) is 3.57. The molecule has 1 aromatic heterocycles. The second kappa shape index (κ2) is 5.47. The molecule has 0 N–H and O–H groups in total. The van der Waals surface area contributed by atoms with Crippen LogP contribution in [-0.4, -0.2) is 27.7 Å². The summed E-state index contributed by atoms with van der Waals surface area (Å²) < 4.78 is 0. The van der Waals surface area contributed by atoms with Crippen molar-refractivity contribution in [1.82, 2.24) is 9.88 Å². The molecule has 0 radical (unpaired) electrons. The average molecular weight is 247 g/mol. The van der Waals surface area contributed by atoms with Crippen molar-refractivity contribution in [2.75, 3.05) is 5.88 Å². The highest BCUT2D eigenvalue weighted by molar-refractivity contribution is 7.09. The lowest BCUT2D eigenvalue weighted by Crippen LogP contribution is -2.39. The largest absolute Gasteiger partial charge is 0.330 e. The van der Waals surface area contributed by atoms with Crippen LogP contribution < -0.4 is 0 Å². The number of alkyl halides is 1. The van der Waals surface area contributed by atoms with E-state index in [4.69, 9.17) is 11.6 Å². The Kier molecular flexibility index (Phi) is 4.54. The van der Waals surface area contributed by atoms with Crippen LogP contribution in [0.2, 0.25) is 0 Å². The molecule has 0 aliphatic rings. The third-order valence-corrected chi connectivity index (χ3v) is 3.36. The van der Waals surface area contributed by atoms with Crippen LogP contribution in [0.5, 0.6) is 0 Å². The van der Waals surface area contributed by atoms with Gasteiger partial charge in [-0.1, -0.05) is 0 Å². The molecule has 1 heterocycles. The van der Waals surface area contributed by atoms with Gasteiger partial charge in [0.15, 0.2) is 0 Å². The van der Waals surface area contributed by atoms with E-state index in [1.807, 2.05) is 26.2 Å². The first-order valence-electron chi connectivity index (χ1n) is 4.84. The maximum absolute atomic E-state index is 11.7. The molecule has 0 spiro atoms. The molecule has 5 heteroatoms. The van der Waals surface area contributed by atoms with Gasteiger partial charge in [-0.25, -0.2) is 4.98 Å². The predicted molar refractivity (Wildman–Crippen MR) is 63.2 cm³/mol. The minimum atomic E-state index is -0.0469. The van der Waals surface area contributed by atoms with Gasteiger partial charge in [-0.3, -0.25) is 4.79 Å². The summed E-state index contributed by atoms with van der Waals surface area (Å²) in [7, 11) is 0. The molecule has 0 aromatic carbocycles. The molecule has 0 unspecified atom stereocenters. The Hall–Kier alpha value is -0.610. The van der Waals surface area contributed by atoms with E-state index in [-0.39, 0.29) is 23.9 Å². The Morgan fingerprint density at radius 1 is 1.60 bits per heavy atom. The molecule has 0 aliphatic heterocycles. The Balaban J connectivity index is 2.85. The van der Waals surface area contributed by atoms with E-state index in [1.54, 1.807) is 22.4 Å². The first-order chi connectivity index (χ1) is 7.07. The van der Waals surface area contributed by atoms with Gasteiger partial charge in [-0.2, -0.15) is 0 Å². The van der Waals surface area contributed by atoms with E-state index >= 15 is 0 Å². The topological polar surface area (TPSA) is 33.2 Å². The zero-order chi connectivity index (χ0) is 11.4. The fourth-order valence-corrected chi connectivity index (χ4v) is 2.41. The maximum Gasteiger partial charge on any atom is 0.238 e. The summed E-state index contributed by atoms with van der Waals surface area (Å²) in [5.41, 5.74) is 0. The van der Waals surface area contributed by atoms with Gasteiger partial charge in [0.1, 0.15) is 10.9 Å². The zero-order valence-electron chi connectivity index (χ0n) is 9.11. The third kappa shape index (κ3) is 2.92. The Morgan fingerprint density at radius 3 is 2.67 bits per heavy atom. The van der Waals surface area contributed by atoms with Gasteiger partial charge in [0, 0.05) is 17.6 Å². The molecule has 84 valence electrons. The van der Waals surface area contributed by atoms with E-state index < -0.39 is 0 Å². The van der Waals surface area contributed by atoms with Crippen molar-refractivity contribution in [3.63, 3.8) is 0 Å². The molecule has 0 aliphatic carbocycles. The number of carbonyl (C=O) groups is 1. The number of halogens is 1. The van der Waals surface area contributed by atoms with Gasteiger partial charge >= 0.3 is 0 Å². The maximum atomic E-state index is 11.7. The van der Waals surface area contributed by atoms with Crippen LogP contribution in [0.25, 0.3) is 0 Å². The highest BCUT2D eigenvalue weighted by atomic mass is 35.5. The number of amides is 1. The van der Waals surface area contributed by atoms with Crippen LogP contribution in [-0.2, 0) is 4.79 Å². The normalized spacial score (nSPS) is 12.9. The van der Waals surface area contributed by atoms with Crippen molar-refractivity contribution in [3.05, 3.63) is 16.6 Å². The Morgan fingerprint density at radius 2 is 2.27 bits per heavy atom. The second-order valence-corrected chi connectivity index (χ2v) is 4.77. The van der Waals surface area contributed by atoms with Crippen molar-refractivity contribution >= 4 is 28.8 Å². The Labute approximate surface area is 99.1 Å². The van der Waals surface area contributed by atoms with Crippen LogP contribution >= 0.6 is 22.9 Å². The number of hydrogen-bond acceptors (Lipinski definition) is 3. The SMILES string of the molecule is CC(C)N(C(=O)CCl)[C@H](C)c1nccs1. The summed E-state index contributed by atoms with van der Waals surface area (Å²) >= 11 is 7.14. The highest BCUT2D eigenvalue weighted by Gasteiger charge is 2.24. The minimum absolute atomic E-state index is 0.00347. The van der Waals surface area contributed by atoms with Gasteiger partial charge in [0.05, 0.1) is 6.04 Å². The molecule has 0 saturated carbocycles. The van der Waals surface area contributed by atoms with Crippen molar-refractivity contribution in [2.24, 2.45) is 0 Å². The molecule has 0 fully saturated rings. The summed E-state index contributed by atoms with van der Waals surface area (Å²) in [4.78, 5) is 17.6. The number of nitrogens with zero attached hydrogens (tertiary/aromatic N) is 2. The van der Waals surface area contributed by atoms with E-state index in [9.17, 15) is 4.79 Å². The van der Waals surface area contributed by atoms with E-state index in [1.165, 1.54) is 0 Å². The first-order valence-corrected chi connectivity index (χ1v) is 6.25. The number of hydrogen-bond donors (Lipinski definition) is 0. The standard InChI is InChI=1S/C10H15ClN2OS/c1-7(2)13(9(14)6-11)8(3)10-12-4-5-15-10/h4-5,7-8H,6H2,1-3H3/t8-/m1/s1. The summed E-state index contributed by atoms with van der Waals surface area (Å²) in [6, 6.07) is 0.131. The molecule has 1 amide bonds. The van der Waals surface area contributed by atoms with Crippen LogP contribution in [0, 0.1) is 0 Å². The van der Waals surface area contributed by atoms with Crippen LogP contribution in [0.15, 0.2) is 11.6 Å². The molecule has 1 aromatic rings. The highest BCUT2D eigenvalue weighted by Crippen LogP contribution is 2.24. The van der Waals surface area contributed by atoms with Gasteiger partial charge in [-0.05, 0) is 20.8 Å². The molecule has 15 heavy (non-hydrogen) atoms. The average Bonchev–Trinajstić information content (AvgIpc) is 2.69. The van der Waals surface area contributed by atoms with Crippen LogP contribution in [0.4, 0.5) is 0 Å². The summed E-state index contributed by atoms with van der Waals surface area (Å²) in [5, 5.41) is 2.86. The quantitative estimate of drug-likeness (QED) is 0.766. The lowest BCUT2D eigenvalue weighted by atomic mass is 10.2. The molecular weight excluding hydrogens is 232 g/mol. The van der Waals surface area contributed by atoms with Gasteiger partial charge < -0.3 is 4.90 Å². The minimum Gasteiger partial charge on any atom is -0.330 e. The number of aromatic nitrogens is 1. The monoisotopic (exact) mass is 246 g/mol. The summed E-state index contributed by atoms with van der Waals surface area (Å²) in [6.07, 6.45) is 1.75. The van der Waals surface area contributed by atoms with Gasteiger partial charge in [-0.15, -0.1) is 22.9 Å². The molecule has 1 atom stereocenters. The van der Waals surface area contributed by atoms with Gasteiger partial charge in [0.2, 0.25) is 5.91 Å². The molecular formula is C10H15ClN2OS. The number of thiazole rings is 1. The van der Waals surface area contributed by atoms with E-state index in [2.05, 4.69) is 4.98 Å². The molecule has 1 rings (SSSR count). The third-order valence-electron chi connectivity index (χ3n) is 2.18. The zero-order valence-corrected chi connectivity index (χ0v) is 10.7. The van der Waals surface area contributed by atoms with Crippen molar-refractivity contribution in [1.29, 1.82) is 0 Å². The van der Waals surface area contributed by atoms with Crippen LogP contribution in [0.1, 0.15) is 31.8 Å². The Bertz CT molecular complexity index is 313. The van der Waals surface area contributed by atoms with Crippen molar-refractivity contribution in [2.45, 2.75) is 32.9 Å². The first kappa shape index (κ1) is 12.5.